The topological polar surface area (TPSA) is 27.5 Å². The zero-order valence-electron chi connectivity index (χ0n) is 23.3. The molecule has 2 heteroatoms. The fraction of sp³-hybridized carbons (Fsp3) is 0.875. The second kappa shape index (κ2) is 30.4. The molecule has 0 heterocycles. The van der Waals surface area contributed by atoms with Gasteiger partial charge in [-0.2, -0.15) is 0 Å². The summed E-state index contributed by atoms with van der Waals surface area (Å²) in [4.78, 5) is 0. The van der Waals surface area contributed by atoms with Gasteiger partial charge < -0.3 is 10.3 Å². The molecular weight excluding hydrogens is 414 g/mol. The van der Waals surface area contributed by atoms with Crippen LogP contribution in [0.1, 0.15) is 167 Å². The van der Waals surface area contributed by atoms with Crippen LogP contribution in [-0.2, 0) is 0 Å². The van der Waals surface area contributed by atoms with Gasteiger partial charge in [0.15, 0.2) is 0 Å². The van der Waals surface area contributed by atoms with E-state index in [9.17, 15) is 5.21 Å². The number of unbranched alkanes of at least 4 members (excludes halogenated alkanes) is 24. The minimum atomic E-state index is 0.515. The molecule has 0 bridgehead atoms. The summed E-state index contributed by atoms with van der Waals surface area (Å²) in [5.41, 5.74) is 0. The number of rotatable bonds is 30. The predicted octanol–water partition coefficient (Wildman–Crippen LogP) is 9.88. The van der Waals surface area contributed by atoms with Crippen molar-refractivity contribution in [3.8, 4) is 0 Å². The van der Waals surface area contributed by atoms with Crippen molar-refractivity contribution in [2.45, 2.75) is 167 Å². The summed E-state index contributed by atoms with van der Waals surface area (Å²) in [5.74, 6) is 0. The summed E-state index contributed by atoms with van der Waals surface area (Å²) < 4.78 is 0. The van der Waals surface area contributed by atoms with Gasteiger partial charge in [-0.05, 0) is 51.4 Å². The minimum absolute atomic E-state index is 0.515. The van der Waals surface area contributed by atoms with E-state index < -0.39 is 0 Å². The van der Waals surface area contributed by atoms with Crippen molar-refractivity contribution in [3.05, 3.63) is 30.5 Å². The van der Waals surface area contributed by atoms with Crippen molar-refractivity contribution in [2.75, 3.05) is 13.1 Å². The number of allylic oxidation sites excluding steroid dienone is 2. The molecule has 0 saturated heterocycles. The van der Waals surface area contributed by atoms with E-state index in [1.54, 1.807) is 0 Å². The molecule has 0 spiro atoms. The summed E-state index contributed by atoms with van der Waals surface area (Å²) in [6, 6.07) is 0. The van der Waals surface area contributed by atoms with Crippen LogP contribution >= 0.6 is 0 Å². The summed E-state index contributed by atoms with van der Waals surface area (Å²) in [6.45, 7) is 9.23. The lowest BCUT2D eigenvalue weighted by molar-refractivity contribution is -0.848. The Hall–Kier alpha value is -0.600. The van der Waals surface area contributed by atoms with E-state index in [1.165, 1.54) is 154 Å². The Kier molecular flexibility index (Phi) is 29.9. The van der Waals surface area contributed by atoms with Gasteiger partial charge >= 0.3 is 0 Å². The van der Waals surface area contributed by atoms with E-state index >= 15 is 0 Å². The molecule has 202 valence electrons. The first-order valence-electron chi connectivity index (χ1n) is 15.5. The van der Waals surface area contributed by atoms with Crippen LogP contribution in [0.2, 0.25) is 0 Å². The Morgan fingerprint density at radius 1 is 0.353 bits per heavy atom. The summed E-state index contributed by atoms with van der Waals surface area (Å²) in [7, 11) is 0. The number of quaternary nitrogens is 1. The molecule has 0 aliphatic heterocycles. The Labute approximate surface area is 215 Å². The summed E-state index contributed by atoms with van der Waals surface area (Å²) in [6.07, 6.45) is 38.9. The molecule has 0 aromatic heterocycles. The highest BCUT2D eigenvalue weighted by molar-refractivity contribution is 4.66. The van der Waals surface area contributed by atoms with E-state index in [-0.39, 0.29) is 0 Å². The fourth-order valence-electron chi connectivity index (χ4n) is 4.88. The number of nitrogens with one attached hydrogen (secondary N) is 1. The van der Waals surface area contributed by atoms with E-state index in [0.717, 1.165) is 25.9 Å². The molecule has 1 N–H and O–H groups in total. The van der Waals surface area contributed by atoms with Crippen LogP contribution < -0.4 is 5.06 Å². The predicted molar refractivity (Wildman–Crippen MR) is 154 cm³/mol. The Morgan fingerprint density at radius 2 is 0.559 bits per heavy atom. The smallest absolute Gasteiger partial charge is 0.0768 e. The molecule has 0 aliphatic rings. The first kappa shape index (κ1) is 33.4. The molecule has 0 saturated carbocycles. The number of hydrogen-bond acceptors (Lipinski definition) is 1. The highest BCUT2D eigenvalue weighted by Crippen LogP contribution is 2.13. The van der Waals surface area contributed by atoms with Crippen LogP contribution in [0.25, 0.3) is 0 Å². The fourth-order valence-corrected chi connectivity index (χ4v) is 4.88. The minimum Gasteiger partial charge on any atom is -0.634 e. The standard InChI is InChI=1S/C32H63NO/c1-3-5-7-9-11-13-15-17-19-21-23-25-27-29-31-33(34)32-30-28-26-24-22-20-18-16-14-12-10-8-6-4-2/h3-4,33H,1-2,5-32H2. The van der Waals surface area contributed by atoms with Gasteiger partial charge in [0.25, 0.3) is 0 Å². The second-order valence-corrected chi connectivity index (χ2v) is 10.7. The normalized spacial score (nSPS) is 11.4. The third kappa shape index (κ3) is 29.4. The maximum atomic E-state index is 12.1. The van der Waals surface area contributed by atoms with Gasteiger partial charge in [-0.15, -0.1) is 13.2 Å². The molecule has 0 atom stereocenters. The lowest BCUT2D eigenvalue weighted by Crippen LogP contribution is -3.07. The van der Waals surface area contributed by atoms with Gasteiger partial charge in [-0.3, -0.25) is 0 Å². The summed E-state index contributed by atoms with van der Waals surface area (Å²) >= 11 is 0. The Bertz CT molecular complexity index is 358. The largest absolute Gasteiger partial charge is 0.634 e. The lowest BCUT2D eigenvalue weighted by atomic mass is 10.0. The molecule has 34 heavy (non-hydrogen) atoms. The van der Waals surface area contributed by atoms with Crippen LogP contribution in [0.5, 0.6) is 0 Å². The monoisotopic (exact) mass is 477 g/mol. The highest BCUT2D eigenvalue weighted by Gasteiger charge is 2.00. The molecule has 0 radical (unpaired) electrons. The lowest BCUT2D eigenvalue weighted by Gasteiger charge is -2.22. The molecule has 0 aromatic rings. The first-order chi connectivity index (χ1) is 16.8. The molecule has 0 unspecified atom stereocenters. The van der Waals surface area contributed by atoms with Crippen molar-refractivity contribution < 1.29 is 5.06 Å². The molecule has 0 aliphatic carbocycles. The van der Waals surface area contributed by atoms with Gasteiger partial charge in [0.2, 0.25) is 0 Å². The maximum absolute atomic E-state index is 12.1. The zero-order valence-corrected chi connectivity index (χ0v) is 23.3. The molecular formula is C32H63NO. The first-order valence-corrected chi connectivity index (χ1v) is 15.5. The van der Waals surface area contributed by atoms with Crippen molar-refractivity contribution in [1.29, 1.82) is 0 Å². The van der Waals surface area contributed by atoms with Crippen LogP contribution in [0.3, 0.4) is 0 Å². The van der Waals surface area contributed by atoms with E-state index in [4.69, 9.17) is 0 Å². The Balaban J connectivity index is 3.14. The van der Waals surface area contributed by atoms with Gasteiger partial charge in [0, 0.05) is 0 Å². The van der Waals surface area contributed by atoms with Gasteiger partial charge in [0.1, 0.15) is 0 Å². The average Bonchev–Trinajstić information content (AvgIpc) is 2.84. The molecule has 0 aromatic carbocycles. The van der Waals surface area contributed by atoms with Gasteiger partial charge in [-0.1, -0.05) is 128 Å². The van der Waals surface area contributed by atoms with Crippen LogP contribution in [0.4, 0.5) is 0 Å². The van der Waals surface area contributed by atoms with Crippen molar-refractivity contribution in [1.82, 2.24) is 0 Å². The van der Waals surface area contributed by atoms with Crippen molar-refractivity contribution >= 4 is 0 Å². The van der Waals surface area contributed by atoms with Gasteiger partial charge in [-0.25, -0.2) is 0 Å². The zero-order chi connectivity index (χ0) is 24.8. The third-order valence-electron chi connectivity index (χ3n) is 7.23. The molecule has 0 rings (SSSR count). The number of hydroxylamine groups is 2. The third-order valence-corrected chi connectivity index (χ3v) is 7.23. The van der Waals surface area contributed by atoms with Crippen LogP contribution in [0, 0.1) is 5.21 Å². The molecule has 0 amide bonds. The van der Waals surface area contributed by atoms with Crippen molar-refractivity contribution in [3.63, 3.8) is 0 Å². The quantitative estimate of drug-likeness (QED) is 0.0622. The molecule has 2 nitrogen and oxygen atoms in total. The maximum Gasteiger partial charge on any atom is 0.0768 e. The number of hydrogen-bond donors (Lipinski definition) is 1. The Morgan fingerprint density at radius 3 is 0.794 bits per heavy atom. The van der Waals surface area contributed by atoms with E-state index in [2.05, 4.69) is 13.2 Å². The van der Waals surface area contributed by atoms with Crippen molar-refractivity contribution in [2.24, 2.45) is 0 Å². The van der Waals surface area contributed by atoms with Gasteiger partial charge in [0.05, 0.1) is 13.1 Å². The second-order valence-electron chi connectivity index (χ2n) is 10.7. The van der Waals surface area contributed by atoms with Crippen LogP contribution in [-0.4, -0.2) is 13.1 Å². The average molecular weight is 478 g/mol. The summed E-state index contributed by atoms with van der Waals surface area (Å²) in [5, 5.41) is 12.6. The van der Waals surface area contributed by atoms with Crippen LogP contribution in [0.15, 0.2) is 25.3 Å². The van der Waals surface area contributed by atoms with E-state index in [1.807, 2.05) is 12.2 Å². The highest BCUT2D eigenvalue weighted by atomic mass is 16.5. The molecule has 0 fully saturated rings. The van der Waals surface area contributed by atoms with E-state index in [0.29, 0.717) is 5.06 Å². The SMILES string of the molecule is C=CCCCCCCCCCCCCCC[NH+]([O-])CCCCCCCCCCCCCCC=C.